The molecule has 0 radical (unpaired) electrons. The van der Waals surface area contributed by atoms with Crippen molar-refractivity contribution in [3.05, 3.63) is 28.2 Å². The molecule has 0 fully saturated rings. The van der Waals surface area contributed by atoms with Crippen LogP contribution in [0, 0.1) is 0 Å². The molecule has 1 N–H and O–H groups in total. The van der Waals surface area contributed by atoms with Crippen LogP contribution in [0.5, 0.6) is 5.75 Å². The lowest BCUT2D eigenvalue weighted by Gasteiger charge is -2.18. The van der Waals surface area contributed by atoms with Gasteiger partial charge in [-0.2, -0.15) is 0 Å². The summed E-state index contributed by atoms with van der Waals surface area (Å²) in [6.07, 6.45) is 0. The minimum atomic E-state index is -3.07. The Labute approximate surface area is 136 Å². The van der Waals surface area contributed by atoms with Crippen molar-refractivity contribution < 1.29 is 13.2 Å². The van der Waals surface area contributed by atoms with Gasteiger partial charge >= 0.3 is 0 Å². The van der Waals surface area contributed by atoms with Crippen LogP contribution >= 0.6 is 15.9 Å². The average Bonchev–Trinajstić information content (AvgIpc) is 2.38. The molecule has 1 unspecified atom stereocenters. The molecule has 0 aliphatic carbocycles. The molecule has 0 amide bonds. The van der Waals surface area contributed by atoms with Crippen LogP contribution in [-0.2, 0) is 9.84 Å². The van der Waals surface area contributed by atoms with Gasteiger partial charge in [-0.3, -0.25) is 0 Å². The largest absolute Gasteiger partial charge is 0.492 e. The Morgan fingerprint density at radius 3 is 2.52 bits per heavy atom. The summed E-state index contributed by atoms with van der Waals surface area (Å²) in [5.74, 6) is 0.753. The monoisotopic (exact) mass is 377 g/mol. The third-order valence-corrected chi connectivity index (χ3v) is 5.96. The van der Waals surface area contributed by atoms with E-state index in [1.165, 1.54) is 0 Å². The van der Waals surface area contributed by atoms with E-state index < -0.39 is 9.84 Å². The van der Waals surface area contributed by atoms with Gasteiger partial charge in [0, 0.05) is 16.1 Å². The SMILES string of the molecule is CCNC(C)c1ccc(Br)cc1OCCS(=O)(=O)C(C)C. The molecule has 4 nitrogen and oxygen atoms in total. The molecule has 0 bridgehead atoms. The molecule has 1 aromatic rings. The summed E-state index contributed by atoms with van der Waals surface area (Å²) in [7, 11) is -3.07. The zero-order valence-electron chi connectivity index (χ0n) is 13.0. The standard InChI is InChI=1S/C15H24BrNO3S/c1-5-17-12(4)14-7-6-13(16)10-15(14)20-8-9-21(18,19)11(2)3/h6-7,10-12,17H,5,8-9H2,1-4H3. The van der Waals surface area contributed by atoms with E-state index in [1.807, 2.05) is 25.1 Å². The number of hydrogen-bond donors (Lipinski definition) is 1. The van der Waals surface area contributed by atoms with Crippen LogP contribution in [0.3, 0.4) is 0 Å². The number of rotatable bonds is 8. The van der Waals surface area contributed by atoms with Gasteiger partial charge in [0.25, 0.3) is 0 Å². The Kier molecular flexibility index (Phi) is 7.16. The van der Waals surface area contributed by atoms with Crippen LogP contribution in [0.25, 0.3) is 0 Å². The molecule has 21 heavy (non-hydrogen) atoms. The van der Waals surface area contributed by atoms with Crippen molar-refractivity contribution in [2.24, 2.45) is 0 Å². The molecule has 0 aliphatic rings. The van der Waals surface area contributed by atoms with Gasteiger partial charge in [-0.25, -0.2) is 8.42 Å². The molecular formula is C15H24BrNO3S. The Morgan fingerprint density at radius 1 is 1.29 bits per heavy atom. The normalized spacial score (nSPS) is 13.4. The van der Waals surface area contributed by atoms with Crippen molar-refractivity contribution in [1.29, 1.82) is 0 Å². The van der Waals surface area contributed by atoms with Gasteiger partial charge in [0.05, 0.1) is 11.0 Å². The smallest absolute Gasteiger partial charge is 0.155 e. The Bertz CT molecular complexity index is 558. The molecule has 0 aliphatic heterocycles. The number of halogens is 1. The van der Waals surface area contributed by atoms with Gasteiger partial charge in [0.15, 0.2) is 9.84 Å². The molecule has 6 heteroatoms. The molecule has 1 atom stereocenters. The Hall–Kier alpha value is -0.590. The van der Waals surface area contributed by atoms with Crippen LogP contribution in [0.4, 0.5) is 0 Å². The third kappa shape index (κ3) is 5.60. The Morgan fingerprint density at radius 2 is 1.95 bits per heavy atom. The van der Waals surface area contributed by atoms with Crippen molar-refractivity contribution in [3.63, 3.8) is 0 Å². The second-order valence-electron chi connectivity index (χ2n) is 5.23. The van der Waals surface area contributed by atoms with E-state index in [0.717, 1.165) is 22.3 Å². The van der Waals surface area contributed by atoms with E-state index >= 15 is 0 Å². The molecule has 0 heterocycles. The van der Waals surface area contributed by atoms with Gasteiger partial charge in [-0.05, 0) is 39.4 Å². The Balaban J connectivity index is 2.80. The average molecular weight is 378 g/mol. The first kappa shape index (κ1) is 18.5. The summed E-state index contributed by atoms with van der Waals surface area (Å²) in [4.78, 5) is 0. The van der Waals surface area contributed by atoms with E-state index in [2.05, 4.69) is 28.2 Å². The van der Waals surface area contributed by atoms with Gasteiger partial charge in [-0.1, -0.05) is 28.9 Å². The molecule has 120 valence electrons. The minimum absolute atomic E-state index is 0.0339. The first-order valence-electron chi connectivity index (χ1n) is 7.15. The second-order valence-corrected chi connectivity index (χ2v) is 8.82. The lowest BCUT2D eigenvalue weighted by atomic mass is 10.1. The molecule has 0 saturated carbocycles. The summed E-state index contributed by atoms with van der Waals surface area (Å²) in [6.45, 7) is 8.51. The number of benzene rings is 1. The molecule has 1 aromatic carbocycles. The van der Waals surface area contributed by atoms with Gasteiger partial charge in [-0.15, -0.1) is 0 Å². The van der Waals surface area contributed by atoms with Gasteiger partial charge in [0.2, 0.25) is 0 Å². The summed E-state index contributed by atoms with van der Waals surface area (Å²) < 4.78 is 30.3. The van der Waals surface area contributed by atoms with E-state index in [4.69, 9.17) is 4.74 Å². The van der Waals surface area contributed by atoms with Crippen molar-refractivity contribution in [1.82, 2.24) is 5.32 Å². The van der Waals surface area contributed by atoms with Crippen molar-refractivity contribution in [2.45, 2.75) is 39.0 Å². The maximum Gasteiger partial charge on any atom is 0.155 e. The predicted molar refractivity (Wildman–Crippen MR) is 90.7 cm³/mol. The molecule has 0 aromatic heterocycles. The lowest BCUT2D eigenvalue weighted by Crippen LogP contribution is -2.23. The topological polar surface area (TPSA) is 55.4 Å². The predicted octanol–water partition coefficient (Wildman–Crippen LogP) is 3.32. The number of sulfone groups is 1. The first-order chi connectivity index (χ1) is 9.77. The zero-order chi connectivity index (χ0) is 16.0. The molecule has 0 spiro atoms. The van der Waals surface area contributed by atoms with Crippen LogP contribution in [0.1, 0.15) is 39.3 Å². The molecule has 0 saturated heterocycles. The fraction of sp³-hybridized carbons (Fsp3) is 0.600. The fourth-order valence-corrected chi connectivity index (χ4v) is 3.04. The number of ether oxygens (including phenoxy) is 1. The number of nitrogens with one attached hydrogen (secondary N) is 1. The maximum atomic E-state index is 11.8. The van der Waals surface area contributed by atoms with E-state index in [9.17, 15) is 8.42 Å². The van der Waals surface area contributed by atoms with Crippen LogP contribution in [-0.4, -0.2) is 32.6 Å². The highest BCUT2D eigenvalue weighted by Gasteiger charge is 2.17. The third-order valence-electron chi connectivity index (χ3n) is 3.30. The second kappa shape index (κ2) is 8.15. The number of hydrogen-bond acceptors (Lipinski definition) is 4. The first-order valence-corrected chi connectivity index (χ1v) is 9.66. The maximum absolute atomic E-state index is 11.8. The lowest BCUT2D eigenvalue weighted by molar-refractivity contribution is 0.333. The van der Waals surface area contributed by atoms with Crippen LogP contribution in [0.2, 0.25) is 0 Å². The van der Waals surface area contributed by atoms with Gasteiger partial charge < -0.3 is 10.1 Å². The molecular weight excluding hydrogens is 354 g/mol. The van der Waals surface area contributed by atoms with Crippen LogP contribution < -0.4 is 10.1 Å². The van der Waals surface area contributed by atoms with E-state index in [-0.39, 0.29) is 23.7 Å². The summed E-state index contributed by atoms with van der Waals surface area (Å²) in [5.41, 5.74) is 1.03. The van der Waals surface area contributed by atoms with Crippen molar-refractivity contribution in [2.75, 3.05) is 18.9 Å². The van der Waals surface area contributed by atoms with Crippen molar-refractivity contribution in [3.8, 4) is 5.75 Å². The highest BCUT2D eigenvalue weighted by atomic mass is 79.9. The van der Waals surface area contributed by atoms with E-state index in [0.29, 0.717) is 0 Å². The highest BCUT2D eigenvalue weighted by Crippen LogP contribution is 2.28. The summed E-state index contributed by atoms with van der Waals surface area (Å²) >= 11 is 3.42. The summed E-state index contributed by atoms with van der Waals surface area (Å²) in [5, 5.41) is 2.96. The van der Waals surface area contributed by atoms with E-state index in [1.54, 1.807) is 13.8 Å². The van der Waals surface area contributed by atoms with Crippen molar-refractivity contribution >= 4 is 25.8 Å². The quantitative estimate of drug-likeness (QED) is 0.754. The summed E-state index contributed by atoms with van der Waals surface area (Å²) in [6, 6.07) is 5.98. The minimum Gasteiger partial charge on any atom is -0.492 e. The van der Waals surface area contributed by atoms with Crippen LogP contribution in [0.15, 0.2) is 22.7 Å². The van der Waals surface area contributed by atoms with Gasteiger partial charge in [0.1, 0.15) is 12.4 Å². The highest BCUT2D eigenvalue weighted by molar-refractivity contribution is 9.10. The molecule has 1 rings (SSSR count). The zero-order valence-corrected chi connectivity index (χ0v) is 15.4. The fourth-order valence-electron chi connectivity index (χ4n) is 1.91.